The van der Waals surface area contributed by atoms with E-state index in [1.165, 1.54) is 0 Å². The van der Waals surface area contributed by atoms with Gasteiger partial charge in [0.1, 0.15) is 6.10 Å². The highest BCUT2D eigenvalue weighted by Crippen LogP contribution is 2.14. The normalized spacial score (nSPS) is 25.6. The maximum atomic E-state index is 10.8. The Bertz CT molecular complexity index is 229. The summed E-state index contributed by atoms with van der Waals surface area (Å²) in [5.41, 5.74) is 0. The zero-order valence-corrected chi connectivity index (χ0v) is 8.16. The topological polar surface area (TPSA) is 75.6 Å². The molecule has 2 N–H and O–H groups in total. The maximum absolute atomic E-state index is 10.8. The average molecular weight is 201 g/mol. The van der Waals surface area contributed by atoms with Gasteiger partial charge in [-0.05, 0) is 19.8 Å². The fourth-order valence-corrected chi connectivity index (χ4v) is 1.50. The van der Waals surface area contributed by atoms with Gasteiger partial charge in [0.05, 0.1) is 6.04 Å². The summed E-state index contributed by atoms with van der Waals surface area (Å²) in [6.45, 7) is 1.83. The molecule has 0 radical (unpaired) electrons. The molecule has 0 spiro atoms. The van der Waals surface area contributed by atoms with Crippen LogP contribution in [-0.2, 0) is 9.53 Å². The summed E-state index contributed by atoms with van der Waals surface area (Å²) >= 11 is 0. The first-order valence-corrected chi connectivity index (χ1v) is 4.78. The molecule has 1 aliphatic heterocycles. The van der Waals surface area contributed by atoms with E-state index in [1.54, 1.807) is 0 Å². The van der Waals surface area contributed by atoms with Gasteiger partial charge in [0, 0.05) is 6.42 Å². The molecule has 0 saturated carbocycles. The third-order valence-electron chi connectivity index (χ3n) is 2.32. The van der Waals surface area contributed by atoms with E-state index in [1.807, 2.05) is 6.92 Å². The minimum Gasteiger partial charge on any atom is -0.481 e. The second kappa shape index (κ2) is 4.83. The van der Waals surface area contributed by atoms with Gasteiger partial charge in [-0.1, -0.05) is 6.42 Å². The first kappa shape index (κ1) is 10.8. The molecule has 5 heteroatoms. The number of alkyl carbamates (subject to hydrolysis) is 1. The number of ether oxygens (including phenoxy) is 1. The van der Waals surface area contributed by atoms with E-state index in [4.69, 9.17) is 9.84 Å². The van der Waals surface area contributed by atoms with Gasteiger partial charge in [0.25, 0.3) is 0 Å². The van der Waals surface area contributed by atoms with E-state index in [0.717, 1.165) is 12.8 Å². The molecular weight excluding hydrogens is 186 g/mol. The maximum Gasteiger partial charge on any atom is 0.407 e. The van der Waals surface area contributed by atoms with Gasteiger partial charge in [0.2, 0.25) is 0 Å². The largest absolute Gasteiger partial charge is 0.481 e. The van der Waals surface area contributed by atoms with Crippen molar-refractivity contribution in [3.05, 3.63) is 0 Å². The van der Waals surface area contributed by atoms with Gasteiger partial charge in [-0.25, -0.2) is 4.79 Å². The molecule has 1 fully saturated rings. The smallest absolute Gasteiger partial charge is 0.407 e. The van der Waals surface area contributed by atoms with Gasteiger partial charge in [-0.2, -0.15) is 0 Å². The summed E-state index contributed by atoms with van der Waals surface area (Å²) in [6, 6.07) is 0.0382. The van der Waals surface area contributed by atoms with Crippen molar-refractivity contribution in [2.45, 2.75) is 44.8 Å². The first-order valence-electron chi connectivity index (χ1n) is 4.78. The van der Waals surface area contributed by atoms with Crippen molar-refractivity contribution in [1.82, 2.24) is 5.32 Å². The zero-order chi connectivity index (χ0) is 10.6. The van der Waals surface area contributed by atoms with E-state index in [9.17, 15) is 9.59 Å². The van der Waals surface area contributed by atoms with Gasteiger partial charge < -0.3 is 15.2 Å². The Hall–Kier alpha value is -1.26. The molecule has 0 aromatic heterocycles. The Kier molecular flexibility index (Phi) is 3.73. The Morgan fingerprint density at radius 2 is 2.29 bits per heavy atom. The van der Waals surface area contributed by atoms with Crippen molar-refractivity contribution in [2.75, 3.05) is 0 Å². The van der Waals surface area contributed by atoms with E-state index in [2.05, 4.69) is 5.32 Å². The van der Waals surface area contributed by atoms with E-state index < -0.39 is 5.97 Å². The molecule has 5 nitrogen and oxygen atoms in total. The zero-order valence-electron chi connectivity index (χ0n) is 8.16. The molecule has 1 amide bonds. The predicted molar refractivity (Wildman–Crippen MR) is 49.0 cm³/mol. The Balaban J connectivity index is 2.12. The summed E-state index contributed by atoms with van der Waals surface area (Å²) in [6.07, 6.45) is 1.93. The van der Waals surface area contributed by atoms with Crippen LogP contribution in [0.2, 0.25) is 0 Å². The number of amides is 1. The summed E-state index contributed by atoms with van der Waals surface area (Å²) in [5.74, 6) is -0.773. The number of carboxylic acids is 1. The molecular formula is C9H15NO4. The number of cyclic esters (lactones) is 1. The number of carboxylic acid groups (broad SMARTS) is 1. The van der Waals surface area contributed by atoms with Crippen molar-refractivity contribution in [1.29, 1.82) is 0 Å². The van der Waals surface area contributed by atoms with Gasteiger partial charge in [-0.15, -0.1) is 0 Å². The van der Waals surface area contributed by atoms with Crippen LogP contribution in [0.3, 0.4) is 0 Å². The van der Waals surface area contributed by atoms with Crippen LogP contribution in [0.25, 0.3) is 0 Å². The predicted octanol–water partition coefficient (Wildman–Crippen LogP) is 1.13. The Morgan fingerprint density at radius 1 is 1.57 bits per heavy atom. The van der Waals surface area contributed by atoms with Crippen LogP contribution in [0, 0.1) is 0 Å². The lowest BCUT2D eigenvalue weighted by Crippen LogP contribution is -2.29. The van der Waals surface area contributed by atoms with Crippen molar-refractivity contribution in [3.8, 4) is 0 Å². The summed E-state index contributed by atoms with van der Waals surface area (Å²) in [7, 11) is 0. The second-order valence-corrected chi connectivity index (χ2v) is 3.50. The molecule has 0 aromatic rings. The highest BCUT2D eigenvalue weighted by Gasteiger charge is 2.29. The molecule has 0 aromatic carbocycles. The third-order valence-corrected chi connectivity index (χ3v) is 2.32. The number of nitrogens with one attached hydrogen (secondary N) is 1. The highest BCUT2D eigenvalue weighted by atomic mass is 16.6. The Morgan fingerprint density at radius 3 is 2.79 bits per heavy atom. The lowest BCUT2D eigenvalue weighted by molar-refractivity contribution is -0.137. The lowest BCUT2D eigenvalue weighted by Gasteiger charge is -2.11. The molecule has 80 valence electrons. The molecule has 1 aliphatic rings. The van der Waals surface area contributed by atoms with Crippen LogP contribution in [0.4, 0.5) is 4.79 Å². The average Bonchev–Trinajstić information content (AvgIpc) is 2.39. The molecule has 2 atom stereocenters. The first-order chi connectivity index (χ1) is 6.59. The molecule has 0 unspecified atom stereocenters. The van der Waals surface area contributed by atoms with Crippen molar-refractivity contribution >= 4 is 12.1 Å². The van der Waals surface area contributed by atoms with Crippen LogP contribution >= 0.6 is 0 Å². The van der Waals surface area contributed by atoms with Crippen molar-refractivity contribution in [2.24, 2.45) is 0 Å². The molecule has 14 heavy (non-hydrogen) atoms. The number of hydrogen-bond acceptors (Lipinski definition) is 3. The van der Waals surface area contributed by atoms with E-state index in [0.29, 0.717) is 6.42 Å². The SMILES string of the molecule is C[C@@H]1OC(=O)N[C@@H]1CCCCC(=O)O. The third kappa shape index (κ3) is 3.24. The fraction of sp³-hybridized carbons (Fsp3) is 0.778. The molecule has 1 saturated heterocycles. The van der Waals surface area contributed by atoms with Crippen molar-refractivity contribution < 1.29 is 19.4 Å². The number of unbranched alkanes of at least 4 members (excludes halogenated alkanes) is 1. The van der Waals surface area contributed by atoms with E-state index >= 15 is 0 Å². The monoisotopic (exact) mass is 201 g/mol. The minimum atomic E-state index is -0.773. The molecule has 0 aliphatic carbocycles. The van der Waals surface area contributed by atoms with E-state index in [-0.39, 0.29) is 24.7 Å². The minimum absolute atomic E-state index is 0.0382. The van der Waals surface area contributed by atoms with Gasteiger partial charge >= 0.3 is 12.1 Å². The number of hydrogen-bond donors (Lipinski definition) is 2. The number of carbonyl (C=O) groups excluding carboxylic acids is 1. The summed E-state index contributed by atoms with van der Waals surface area (Å²) in [5, 5.41) is 11.1. The van der Waals surface area contributed by atoms with Gasteiger partial charge in [-0.3, -0.25) is 4.79 Å². The van der Waals surface area contributed by atoms with Crippen molar-refractivity contribution in [3.63, 3.8) is 0 Å². The van der Waals surface area contributed by atoms with Crippen LogP contribution in [0.15, 0.2) is 0 Å². The van der Waals surface area contributed by atoms with Crippen LogP contribution in [0.5, 0.6) is 0 Å². The standard InChI is InChI=1S/C9H15NO4/c1-6-7(10-9(13)14-6)4-2-3-5-8(11)12/h6-7H,2-5H2,1H3,(H,10,13)(H,11,12)/t6-,7+/m0/s1. The van der Waals surface area contributed by atoms with Gasteiger partial charge in [0.15, 0.2) is 0 Å². The number of rotatable bonds is 5. The highest BCUT2D eigenvalue weighted by molar-refractivity contribution is 5.70. The molecule has 0 bridgehead atoms. The lowest BCUT2D eigenvalue weighted by atomic mass is 10.1. The molecule has 1 rings (SSSR count). The summed E-state index contributed by atoms with van der Waals surface area (Å²) in [4.78, 5) is 21.0. The van der Waals surface area contributed by atoms with Crippen LogP contribution in [0.1, 0.15) is 32.6 Å². The molecule has 1 heterocycles. The quantitative estimate of drug-likeness (QED) is 0.654. The number of aliphatic carboxylic acids is 1. The Labute approximate surface area is 82.4 Å². The number of carbonyl (C=O) groups is 2. The van der Waals surface area contributed by atoms with Crippen LogP contribution in [-0.4, -0.2) is 29.3 Å². The fourth-order valence-electron chi connectivity index (χ4n) is 1.50. The summed E-state index contributed by atoms with van der Waals surface area (Å²) < 4.78 is 4.89. The van der Waals surface area contributed by atoms with Crippen LogP contribution < -0.4 is 5.32 Å². The second-order valence-electron chi connectivity index (χ2n) is 3.50.